The van der Waals surface area contributed by atoms with Crippen LogP contribution in [0.5, 0.6) is 0 Å². The molecule has 0 N–H and O–H groups in total. The van der Waals surface area contributed by atoms with E-state index >= 15 is 0 Å². The van der Waals surface area contributed by atoms with E-state index in [0.29, 0.717) is 12.0 Å². The standard InChI is InChI=1S/C34H37NO10/c1-15-22-24(40)23-28-34-26(20(35(28)6)12-33(23,29(15)43-17(3)38)27(34)25(22)42-16(2)37)32(5,14-36)13-21(30(34)44-18(4)39)45-31(41)19-10-8-7-9-11-19/h7-11,14,20-23,25-30H,1,12-13H2,2-6H3/t20-,21-,22-,23?,25+,26+,27?,28-,29+,30+,32-,33+,34+/m0/s1. The molecule has 0 aromatic heterocycles. The maximum atomic E-state index is 14.6. The van der Waals surface area contributed by atoms with Crippen molar-refractivity contribution >= 4 is 35.9 Å². The van der Waals surface area contributed by atoms with Gasteiger partial charge in [-0.05, 0) is 37.1 Å². The largest absolute Gasteiger partial charge is 0.461 e. The third-order valence-electron chi connectivity index (χ3n) is 12.1. The minimum Gasteiger partial charge on any atom is -0.461 e. The van der Waals surface area contributed by atoms with E-state index in [9.17, 15) is 28.8 Å². The summed E-state index contributed by atoms with van der Waals surface area (Å²) in [7, 11) is 1.90. The number of Topliss-reactive ketones (excluding diaryl/α,β-unsaturated/α-hetero) is 1. The fourth-order valence-electron chi connectivity index (χ4n) is 11.5. The molecule has 13 atom stereocenters. The normalized spacial score (nSPS) is 45.1. The van der Waals surface area contributed by atoms with Gasteiger partial charge in [0.15, 0.2) is 0 Å². The summed E-state index contributed by atoms with van der Waals surface area (Å²) in [4.78, 5) is 81.7. The maximum absolute atomic E-state index is 14.6. The number of ketones is 1. The second-order valence-electron chi connectivity index (χ2n) is 14.1. The van der Waals surface area contributed by atoms with Gasteiger partial charge in [0.2, 0.25) is 0 Å². The Bertz CT molecular complexity index is 1560. The van der Waals surface area contributed by atoms with Gasteiger partial charge >= 0.3 is 23.9 Å². The zero-order chi connectivity index (χ0) is 32.4. The molecule has 8 fully saturated rings. The van der Waals surface area contributed by atoms with Crippen molar-refractivity contribution in [3.8, 4) is 0 Å². The SMILES string of the molecule is C=C1[C@H]2C(=O)C3[C@@H]4N(C)[C@H]5C[C@@]3(C([C@@H]2OC(C)=O)[C@@]42[C@H](OC(C)=O)[C@@H](OC(=O)c3ccccc3)C[C@@](C)(C=O)[C@@H]52)[C@@H]1OC(C)=O. The molecule has 2 unspecified atom stereocenters. The molecule has 6 aliphatic carbocycles. The fraction of sp³-hybridized carbons (Fsp3) is 0.588. The number of esters is 4. The molecular weight excluding hydrogens is 582 g/mol. The van der Waals surface area contributed by atoms with Gasteiger partial charge in [-0.2, -0.15) is 0 Å². The highest BCUT2D eigenvalue weighted by molar-refractivity contribution is 5.94. The van der Waals surface area contributed by atoms with E-state index in [0.717, 1.165) is 6.29 Å². The number of hydrogen-bond donors (Lipinski definition) is 0. The van der Waals surface area contributed by atoms with Crippen LogP contribution in [0.25, 0.3) is 0 Å². The number of carbonyl (C=O) groups is 6. The van der Waals surface area contributed by atoms with Gasteiger partial charge < -0.3 is 23.7 Å². The first-order valence-electron chi connectivity index (χ1n) is 15.4. The summed E-state index contributed by atoms with van der Waals surface area (Å²) in [5, 5.41) is 0. The van der Waals surface area contributed by atoms with E-state index in [2.05, 4.69) is 11.5 Å². The Morgan fingerprint density at radius 3 is 2.18 bits per heavy atom. The molecule has 11 nitrogen and oxygen atoms in total. The zero-order valence-corrected chi connectivity index (χ0v) is 25.9. The Morgan fingerprint density at radius 2 is 1.58 bits per heavy atom. The van der Waals surface area contributed by atoms with Crippen molar-refractivity contribution in [3.05, 3.63) is 48.0 Å². The molecule has 238 valence electrons. The molecule has 9 rings (SSSR count). The van der Waals surface area contributed by atoms with E-state index in [-0.39, 0.29) is 23.8 Å². The van der Waals surface area contributed by atoms with Gasteiger partial charge in [0.1, 0.15) is 36.5 Å². The Labute approximate surface area is 260 Å². The first-order chi connectivity index (χ1) is 21.2. The molecule has 2 spiro atoms. The van der Waals surface area contributed by atoms with Crippen LogP contribution in [0.15, 0.2) is 42.5 Å². The number of carbonyl (C=O) groups excluding carboxylic acids is 6. The van der Waals surface area contributed by atoms with Crippen LogP contribution in [0.2, 0.25) is 0 Å². The molecule has 7 bridgehead atoms. The number of benzene rings is 1. The highest BCUT2D eigenvalue weighted by Gasteiger charge is 2.93. The third kappa shape index (κ3) is 3.50. The highest BCUT2D eigenvalue weighted by Crippen LogP contribution is 2.84. The lowest BCUT2D eigenvalue weighted by Crippen LogP contribution is -2.76. The van der Waals surface area contributed by atoms with Crippen LogP contribution in [-0.4, -0.2) is 84.4 Å². The molecule has 2 heterocycles. The Morgan fingerprint density at radius 1 is 0.933 bits per heavy atom. The molecule has 2 aliphatic heterocycles. The van der Waals surface area contributed by atoms with Crippen LogP contribution in [0, 0.1) is 39.9 Å². The molecule has 11 heteroatoms. The average molecular weight is 620 g/mol. The van der Waals surface area contributed by atoms with Crippen molar-refractivity contribution in [1.82, 2.24) is 4.90 Å². The topological polar surface area (TPSA) is 143 Å². The van der Waals surface area contributed by atoms with E-state index in [1.54, 1.807) is 30.3 Å². The zero-order valence-electron chi connectivity index (χ0n) is 25.9. The molecule has 0 radical (unpaired) electrons. The van der Waals surface area contributed by atoms with Crippen LogP contribution in [0.3, 0.4) is 0 Å². The summed E-state index contributed by atoms with van der Waals surface area (Å²) in [6.07, 6.45) is -2.69. The predicted molar refractivity (Wildman–Crippen MR) is 154 cm³/mol. The number of piperidine rings is 1. The molecule has 1 aromatic rings. The molecule has 0 amide bonds. The molecule has 8 aliphatic rings. The lowest BCUT2D eigenvalue weighted by atomic mass is 9.38. The molecule has 1 aromatic carbocycles. The monoisotopic (exact) mass is 619 g/mol. The van der Waals surface area contributed by atoms with E-state index in [4.69, 9.17) is 18.9 Å². The lowest BCUT2D eigenvalue weighted by molar-refractivity contribution is -0.260. The van der Waals surface area contributed by atoms with Gasteiger partial charge in [0, 0.05) is 67.4 Å². The fourth-order valence-corrected chi connectivity index (χ4v) is 11.5. The van der Waals surface area contributed by atoms with Crippen LogP contribution in [-0.2, 0) is 42.9 Å². The van der Waals surface area contributed by atoms with Gasteiger partial charge in [0.25, 0.3) is 0 Å². The van der Waals surface area contributed by atoms with E-state index in [1.165, 1.54) is 20.8 Å². The van der Waals surface area contributed by atoms with E-state index < -0.39 is 94.3 Å². The first-order valence-corrected chi connectivity index (χ1v) is 15.4. The van der Waals surface area contributed by atoms with Crippen LogP contribution in [0.1, 0.15) is 50.9 Å². The Hall–Kier alpha value is -3.86. The maximum Gasteiger partial charge on any atom is 0.338 e. The van der Waals surface area contributed by atoms with Gasteiger partial charge in [-0.15, -0.1) is 0 Å². The Balaban J connectivity index is 1.49. The second-order valence-corrected chi connectivity index (χ2v) is 14.1. The van der Waals surface area contributed by atoms with Crippen molar-refractivity contribution in [3.63, 3.8) is 0 Å². The van der Waals surface area contributed by atoms with Gasteiger partial charge in [0.05, 0.1) is 11.5 Å². The van der Waals surface area contributed by atoms with Crippen LogP contribution < -0.4 is 0 Å². The van der Waals surface area contributed by atoms with Crippen LogP contribution in [0.4, 0.5) is 0 Å². The quantitative estimate of drug-likeness (QED) is 0.200. The summed E-state index contributed by atoms with van der Waals surface area (Å²) in [5.74, 6) is -5.39. The lowest BCUT2D eigenvalue weighted by Gasteiger charge is -2.68. The van der Waals surface area contributed by atoms with Crippen LogP contribution >= 0.6 is 0 Å². The van der Waals surface area contributed by atoms with Gasteiger partial charge in [-0.3, -0.25) is 24.1 Å². The van der Waals surface area contributed by atoms with Crippen molar-refractivity contribution in [1.29, 1.82) is 0 Å². The predicted octanol–water partition coefficient (Wildman–Crippen LogP) is 2.31. The molecule has 2 saturated heterocycles. The number of fused-ring (bicyclic) bond motifs is 1. The smallest absolute Gasteiger partial charge is 0.338 e. The molecule has 6 saturated carbocycles. The molecule has 45 heavy (non-hydrogen) atoms. The number of ether oxygens (including phenoxy) is 4. The summed E-state index contributed by atoms with van der Waals surface area (Å²) in [5.41, 5.74) is -2.64. The number of rotatable bonds is 6. The average Bonchev–Trinajstić information content (AvgIpc) is 3.23. The minimum atomic E-state index is -1.19. The van der Waals surface area contributed by atoms with E-state index in [1.807, 2.05) is 14.0 Å². The number of aldehydes is 1. The second kappa shape index (κ2) is 9.57. The van der Waals surface area contributed by atoms with Crippen molar-refractivity contribution in [2.75, 3.05) is 7.05 Å². The number of nitrogens with zero attached hydrogens (tertiary/aromatic N) is 1. The van der Waals surface area contributed by atoms with Crippen molar-refractivity contribution in [2.45, 2.75) is 77.0 Å². The summed E-state index contributed by atoms with van der Waals surface area (Å²) in [6, 6.07) is 7.52. The molecular formula is C34H37NO10. The highest BCUT2D eigenvalue weighted by atomic mass is 16.6. The third-order valence-corrected chi connectivity index (χ3v) is 12.1. The number of hydrogen-bond acceptors (Lipinski definition) is 11. The Kier molecular flexibility index (Phi) is 6.35. The van der Waals surface area contributed by atoms with Crippen molar-refractivity contribution in [2.24, 2.45) is 39.9 Å². The summed E-state index contributed by atoms with van der Waals surface area (Å²) < 4.78 is 24.5. The minimum absolute atomic E-state index is 0.0799. The summed E-state index contributed by atoms with van der Waals surface area (Å²) in [6.45, 7) is 9.89. The summed E-state index contributed by atoms with van der Waals surface area (Å²) >= 11 is 0. The van der Waals surface area contributed by atoms with Crippen molar-refractivity contribution < 1.29 is 47.7 Å². The van der Waals surface area contributed by atoms with Gasteiger partial charge in [-0.25, -0.2) is 4.79 Å². The first kappa shape index (κ1) is 29.8. The van der Waals surface area contributed by atoms with Gasteiger partial charge in [-0.1, -0.05) is 31.7 Å².